The number of nitrogens with zero attached hydrogens (tertiary/aromatic N) is 5. The number of aromatic nitrogens is 4. The SMILES string of the molecule is C=Cc1ccccc1NC(C)c1cc(C)cc2c1nc(N1CC3CC(C1)C3(F)F)n1cnnc21. The highest BCUT2D eigenvalue weighted by Crippen LogP contribution is 2.53. The standard InChI is InChI=1S/C26H26F2N6/c1-4-17-7-5-6-8-22(17)30-16(3)20-9-15(2)10-21-23(20)31-25(34-14-29-32-24(21)34)33-12-18-11-19(13-33)26(18,27)28/h4-10,14,16,18-19,30H,1,11-13H2,2-3H3. The molecule has 34 heavy (non-hydrogen) atoms. The summed E-state index contributed by atoms with van der Waals surface area (Å²) in [7, 11) is 0. The van der Waals surface area contributed by atoms with Crippen LogP contribution in [0.5, 0.6) is 0 Å². The first-order chi connectivity index (χ1) is 16.4. The summed E-state index contributed by atoms with van der Waals surface area (Å²) in [6, 6.07) is 12.1. The molecule has 1 aliphatic carbocycles. The number of hydrogen-bond donors (Lipinski definition) is 1. The number of aryl methyl sites for hydroxylation is 1. The number of rotatable bonds is 5. The Morgan fingerprint density at radius 3 is 2.71 bits per heavy atom. The Morgan fingerprint density at radius 2 is 1.97 bits per heavy atom. The maximum atomic E-state index is 14.2. The lowest BCUT2D eigenvalue weighted by Gasteiger charge is -2.53. The lowest BCUT2D eigenvalue weighted by molar-refractivity contribution is -0.194. The third kappa shape index (κ3) is 3.08. The Bertz CT molecular complexity index is 1410. The molecule has 0 radical (unpaired) electrons. The third-order valence-electron chi connectivity index (χ3n) is 7.34. The minimum atomic E-state index is -2.57. The van der Waals surface area contributed by atoms with Gasteiger partial charge in [-0.05, 0) is 43.5 Å². The van der Waals surface area contributed by atoms with Crippen LogP contribution in [0.25, 0.3) is 22.6 Å². The van der Waals surface area contributed by atoms with Gasteiger partial charge in [0, 0.05) is 41.6 Å². The molecular weight excluding hydrogens is 434 g/mol. The fourth-order valence-electron chi connectivity index (χ4n) is 5.48. The van der Waals surface area contributed by atoms with Crippen molar-refractivity contribution in [3.05, 3.63) is 66.0 Å². The summed E-state index contributed by atoms with van der Waals surface area (Å²) in [5, 5.41) is 13.0. The molecule has 8 heteroatoms. The molecular formula is C26H26F2N6. The Hall–Kier alpha value is -3.55. The van der Waals surface area contributed by atoms with Gasteiger partial charge >= 0.3 is 0 Å². The molecule has 3 fully saturated rings. The van der Waals surface area contributed by atoms with Crippen molar-refractivity contribution in [1.82, 2.24) is 19.6 Å². The number of fused-ring (bicyclic) bond motifs is 5. The van der Waals surface area contributed by atoms with E-state index in [0.29, 0.717) is 18.0 Å². The predicted octanol–water partition coefficient (Wildman–Crippen LogP) is 5.49. The van der Waals surface area contributed by atoms with E-state index in [4.69, 9.17) is 4.98 Å². The van der Waals surface area contributed by atoms with Crippen LogP contribution >= 0.6 is 0 Å². The van der Waals surface area contributed by atoms with Crippen molar-refractivity contribution >= 4 is 34.3 Å². The first-order valence-corrected chi connectivity index (χ1v) is 11.6. The average Bonchev–Trinajstić information content (AvgIpc) is 3.34. The van der Waals surface area contributed by atoms with Crippen LogP contribution < -0.4 is 10.2 Å². The molecule has 2 saturated heterocycles. The second-order valence-corrected chi connectivity index (χ2v) is 9.55. The number of anilines is 2. The van der Waals surface area contributed by atoms with Gasteiger partial charge < -0.3 is 10.2 Å². The van der Waals surface area contributed by atoms with Gasteiger partial charge in [-0.3, -0.25) is 4.40 Å². The Labute approximate surface area is 196 Å². The van der Waals surface area contributed by atoms with E-state index >= 15 is 0 Å². The number of benzene rings is 2. The molecule has 2 aromatic carbocycles. The van der Waals surface area contributed by atoms with E-state index in [2.05, 4.69) is 41.1 Å². The molecule has 3 aliphatic rings. The number of para-hydroxylation sites is 1. The van der Waals surface area contributed by atoms with E-state index in [-0.39, 0.29) is 19.1 Å². The van der Waals surface area contributed by atoms with Crippen molar-refractivity contribution in [3.63, 3.8) is 0 Å². The van der Waals surface area contributed by atoms with Crippen LogP contribution in [0.1, 0.15) is 36.1 Å². The maximum Gasteiger partial charge on any atom is 0.257 e. The Balaban J connectivity index is 1.47. The number of piperidine rings is 2. The largest absolute Gasteiger partial charge is 0.378 e. The molecule has 3 unspecified atom stereocenters. The summed E-state index contributed by atoms with van der Waals surface area (Å²) in [4.78, 5) is 7.03. The molecule has 0 spiro atoms. The smallest absolute Gasteiger partial charge is 0.257 e. The minimum absolute atomic E-state index is 0.0617. The van der Waals surface area contributed by atoms with E-state index in [1.54, 1.807) is 6.33 Å². The highest BCUT2D eigenvalue weighted by Gasteiger charge is 2.61. The zero-order valence-corrected chi connectivity index (χ0v) is 19.2. The number of halogens is 2. The van der Waals surface area contributed by atoms with Crippen molar-refractivity contribution in [2.24, 2.45) is 11.8 Å². The van der Waals surface area contributed by atoms with Crippen molar-refractivity contribution < 1.29 is 8.78 Å². The Morgan fingerprint density at radius 1 is 1.21 bits per heavy atom. The summed E-state index contributed by atoms with van der Waals surface area (Å²) in [6.45, 7) is 8.64. The van der Waals surface area contributed by atoms with Crippen LogP contribution in [0.3, 0.4) is 0 Å². The molecule has 1 saturated carbocycles. The molecule has 174 valence electrons. The summed E-state index contributed by atoms with van der Waals surface area (Å²) < 4.78 is 30.3. The van der Waals surface area contributed by atoms with E-state index in [0.717, 1.165) is 33.3 Å². The van der Waals surface area contributed by atoms with Gasteiger partial charge in [0.2, 0.25) is 5.95 Å². The van der Waals surface area contributed by atoms with Crippen molar-refractivity contribution in [3.8, 4) is 0 Å². The van der Waals surface area contributed by atoms with Crippen LogP contribution in [0.15, 0.2) is 49.3 Å². The fourth-order valence-corrected chi connectivity index (χ4v) is 5.48. The van der Waals surface area contributed by atoms with Crippen LogP contribution in [0, 0.1) is 18.8 Å². The molecule has 4 heterocycles. The molecule has 2 aliphatic heterocycles. The Kier molecular flexibility index (Phi) is 4.62. The van der Waals surface area contributed by atoms with Crippen molar-refractivity contribution in [2.45, 2.75) is 32.2 Å². The van der Waals surface area contributed by atoms with Gasteiger partial charge in [-0.2, -0.15) is 0 Å². The van der Waals surface area contributed by atoms with Crippen LogP contribution in [0.2, 0.25) is 0 Å². The molecule has 1 N–H and O–H groups in total. The van der Waals surface area contributed by atoms with Gasteiger partial charge in [0.25, 0.3) is 5.92 Å². The van der Waals surface area contributed by atoms with E-state index in [1.807, 2.05) is 46.6 Å². The number of nitrogens with one attached hydrogen (secondary N) is 1. The van der Waals surface area contributed by atoms with E-state index in [9.17, 15) is 8.78 Å². The summed E-state index contributed by atoms with van der Waals surface area (Å²) in [5.41, 5.74) is 5.62. The lowest BCUT2D eigenvalue weighted by atomic mass is 9.67. The van der Waals surface area contributed by atoms with Crippen molar-refractivity contribution in [1.29, 1.82) is 0 Å². The first-order valence-electron chi connectivity index (χ1n) is 11.6. The van der Waals surface area contributed by atoms with Gasteiger partial charge in [-0.15, -0.1) is 10.2 Å². The molecule has 0 amide bonds. The van der Waals surface area contributed by atoms with Gasteiger partial charge in [-0.1, -0.05) is 36.9 Å². The van der Waals surface area contributed by atoms with Crippen LogP contribution in [-0.2, 0) is 0 Å². The molecule has 7 rings (SSSR count). The quantitative estimate of drug-likeness (QED) is 0.427. The minimum Gasteiger partial charge on any atom is -0.378 e. The summed E-state index contributed by atoms with van der Waals surface area (Å²) in [5.74, 6) is -3.19. The summed E-state index contributed by atoms with van der Waals surface area (Å²) >= 11 is 0. The maximum absolute atomic E-state index is 14.2. The van der Waals surface area contributed by atoms with Crippen molar-refractivity contribution in [2.75, 3.05) is 23.3 Å². The van der Waals surface area contributed by atoms with Crippen LogP contribution in [0.4, 0.5) is 20.4 Å². The molecule has 3 atom stereocenters. The zero-order valence-electron chi connectivity index (χ0n) is 19.2. The monoisotopic (exact) mass is 460 g/mol. The van der Waals surface area contributed by atoms with Gasteiger partial charge in [0.1, 0.15) is 6.33 Å². The van der Waals surface area contributed by atoms with Gasteiger partial charge in [-0.25, -0.2) is 13.8 Å². The zero-order chi connectivity index (χ0) is 23.6. The first kappa shape index (κ1) is 21.0. The lowest BCUT2D eigenvalue weighted by Crippen LogP contribution is -2.63. The van der Waals surface area contributed by atoms with E-state index < -0.39 is 17.8 Å². The van der Waals surface area contributed by atoms with E-state index in [1.165, 1.54) is 0 Å². The molecule has 4 aromatic rings. The fraction of sp³-hybridized carbons (Fsp3) is 0.346. The number of hydrogen-bond acceptors (Lipinski definition) is 5. The van der Waals surface area contributed by atoms with Crippen LogP contribution in [-0.4, -0.2) is 38.6 Å². The van der Waals surface area contributed by atoms with Gasteiger partial charge in [0.05, 0.1) is 11.6 Å². The normalized spacial score (nSPS) is 21.9. The van der Waals surface area contributed by atoms with Gasteiger partial charge in [0.15, 0.2) is 5.65 Å². The topological polar surface area (TPSA) is 58.4 Å². The molecule has 6 nitrogen and oxygen atoms in total. The second kappa shape index (κ2) is 7.48. The highest BCUT2D eigenvalue weighted by atomic mass is 19.3. The average molecular weight is 461 g/mol. The summed E-state index contributed by atoms with van der Waals surface area (Å²) in [6.07, 6.45) is 4.03. The molecule has 2 bridgehead atoms. The number of alkyl halides is 2. The second-order valence-electron chi connectivity index (χ2n) is 9.55. The predicted molar refractivity (Wildman–Crippen MR) is 130 cm³/mol. The third-order valence-corrected chi connectivity index (χ3v) is 7.34. The highest BCUT2D eigenvalue weighted by molar-refractivity contribution is 5.95. The molecule has 2 aromatic heterocycles.